The van der Waals surface area contributed by atoms with Gasteiger partial charge < -0.3 is 10.6 Å². The number of nitrogens with one attached hydrogen (secondary N) is 2. The van der Waals surface area contributed by atoms with Crippen molar-refractivity contribution in [1.29, 1.82) is 0 Å². The lowest BCUT2D eigenvalue weighted by atomic mass is 10.0. The summed E-state index contributed by atoms with van der Waals surface area (Å²) in [6, 6.07) is 12.5. The summed E-state index contributed by atoms with van der Waals surface area (Å²) in [7, 11) is 0. The Bertz CT molecular complexity index is 1480. The van der Waals surface area contributed by atoms with E-state index in [2.05, 4.69) is 25.7 Å². The van der Waals surface area contributed by atoms with Crippen molar-refractivity contribution in [2.75, 3.05) is 0 Å². The van der Waals surface area contributed by atoms with E-state index >= 15 is 0 Å². The third-order valence-corrected chi connectivity index (χ3v) is 5.99. The van der Waals surface area contributed by atoms with Gasteiger partial charge in [-0.15, -0.1) is 0 Å². The number of ketones is 1. The Balaban J connectivity index is 1.37. The number of aromatic nitrogens is 4. The average Bonchev–Trinajstić information content (AvgIpc) is 3.48. The van der Waals surface area contributed by atoms with Crippen molar-refractivity contribution in [2.45, 2.75) is 32.4 Å². The van der Waals surface area contributed by atoms with Crippen molar-refractivity contribution in [3.05, 3.63) is 94.3 Å². The van der Waals surface area contributed by atoms with Crippen LogP contribution in [0.25, 0.3) is 5.78 Å². The van der Waals surface area contributed by atoms with Gasteiger partial charge in [0.25, 0.3) is 17.6 Å². The quantitative estimate of drug-likeness (QED) is 0.417. The molecular weight excluding hydrogens is 451 g/mol. The monoisotopic (exact) mass is 472 g/mol. The first-order chi connectivity index (χ1) is 16.9. The van der Waals surface area contributed by atoms with E-state index in [0.717, 1.165) is 17.5 Å². The van der Waals surface area contributed by atoms with Gasteiger partial charge in [-0.05, 0) is 54.7 Å². The fraction of sp³-hybridized carbons (Fsp3) is 0.200. The topological polar surface area (TPSA) is 118 Å². The second-order valence-electron chi connectivity index (χ2n) is 8.35. The second kappa shape index (κ2) is 9.05. The number of carbonyl (C=O) groups is 3. The van der Waals surface area contributed by atoms with Gasteiger partial charge in [0.05, 0.1) is 6.04 Å². The predicted molar refractivity (Wildman–Crippen MR) is 123 cm³/mol. The molecule has 2 N–H and O–H groups in total. The molecule has 4 aromatic rings. The largest absolute Gasteiger partial charge is 0.347 e. The zero-order valence-electron chi connectivity index (χ0n) is 18.8. The maximum atomic E-state index is 13.4. The van der Waals surface area contributed by atoms with Crippen LogP contribution in [0.5, 0.6) is 0 Å². The zero-order valence-corrected chi connectivity index (χ0v) is 18.8. The molecule has 176 valence electrons. The van der Waals surface area contributed by atoms with Crippen LogP contribution in [0.2, 0.25) is 0 Å². The molecule has 2 aromatic carbocycles. The van der Waals surface area contributed by atoms with Crippen molar-refractivity contribution >= 4 is 23.4 Å². The van der Waals surface area contributed by atoms with E-state index in [1.54, 1.807) is 18.2 Å². The van der Waals surface area contributed by atoms with E-state index in [0.29, 0.717) is 17.5 Å². The maximum absolute atomic E-state index is 13.4. The van der Waals surface area contributed by atoms with Gasteiger partial charge in [0.15, 0.2) is 5.78 Å². The number of carbonyl (C=O) groups excluding carboxylic acids is 3. The Hall–Kier alpha value is -4.47. The average molecular weight is 472 g/mol. The molecule has 9 nitrogen and oxygen atoms in total. The lowest BCUT2D eigenvalue weighted by Crippen LogP contribution is -2.30. The Labute approximate surface area is 199 Å². The minimum atomic E-state index is -0.531. The molecule has 2 heterocycles. The zero-order chi connectivity index (χ0) is 24.5. The van der Waals surface area contributed by atoms with Crippen LogP contribution >= 0.6 is 0 Å². The first-order valence-corrected chi connectivity index (χ1v) is 11.1. The number of nitrogens with zero attached hydrogens (tertiary/aromatic N) is 4. The molecule has 0 fully saturated rings. The Morgan fingerprint density at radius 3 is 2.77 bits per heavy atom. The van der Waals surface area contributed by atoms with E-state index in [4.69, 9.17) is 0 Å². The van der Waals surface area contributed by atoms with E-state index in [9.17, 15) is 18.8 Å². The molecule has 2 aromatic heterocycles. The van der Waals surface area contributed by atoms with Crippen molar-refractivity contribution in [1.82, 2.24) is 30.2 Å². The Morgan fingerprint density at radius 1 is 1.11 bits per heavy atom. The summed E-state index contributed by atoms with van der Waals surface area (Å²) < 4.78 is 14.7. The highest BCUT2D eigenvalue weighted by atomic mass is 19.1. The molecule has 35 heavy (non-hydrogen) atoms. The molecule has 5 rings (SSSR count). The molecule has 0 unspecified atom stereocenters. The highest BCUT2D eigenvalue weighted by Crippen LogP contribution is 2.32. The predicted octanol–water partition coefficient (Wildman–Crippen LogP) is 2.81. The van der Waals surface area contributed by atoms with Crippen molar-refractivity contribution in [3.8, 4) is 0 Å². The molecule has 2 amide bonds. The lowest BCUT2D eigenvalue weighted by molar-refractivity contribution is 0.0927. The number of fused-ring (bicyclic) bond motifs is 2. The summed E-state index contributed by atoms with van der Waals surface area (Å²) in [5, 5.41) is 9.74. The van der Waals surface area contributed by atoms with E-state index in [-0.39, 0.29) is 35.5 Å². The van der Waals surface area contributed by atoms with Crippen LogP contribution in [0, 0.1) is 5.82 Å². The molecule has 0 saturated carbocycles. The number of aryl methyl sites for hydroxylation is 1. The van der Waals surface area contributed by atoms with Gasteiger partial charge in [-0.3, -0.25) is 14.4 Å². The SMILES string of the molecule is CC(=O)c1ccc2c(c1)CC[C@@H]2NC(=O)c1cc(C(=O)NCc2cccc(F)c2)nc2ncnn12. The summed E-state index contributed by atoms with van der Waals surface area (Å²) in [5.74, 6) is -1.27. The molecule has 1 aliphatic carbocycles. The van der Waals surface area contributed by atoms with Crippen LogP contribution in [0.3, 0.4) is 0 Å². The number of rotatable bonds is 6. The van der Waals surface area contributed by atoms with Gasteiger partial charge in [0.1, 0.15) is 23.5 Å². The summed E-state index contributed by atoms with van der Waals surface area (Å²) in [5.41, 5.74) is 3.32. The molecule has 0 aliphatic heterocycles. The molecule has 1 atom stereocenters. The number of amides is 2. The van der Waals surface area contributed by atoms with Crippen LogP contribution < -0.4 is 10.6 Å². The number of halogens is 1. The molecule has 10 heteroatoms. The van der Waals surface area contributed by atoms with Crippen LogP contribution in [0.15, 0.2) is 54.9 Å². The van der Waals surface area contributed by atoms with E-state index in [1.807, 2.05) is 12.1 Å². The van der Waals surface area contributed by atoms with Crippen molar-refractivity contribution in [3.63, 3.8) is 0 Å². The molecular formula is C25H21FN6O3. The van der Waals surface area contributed by atoms with Crippen molar-refractivity contribution < 1.29 is 18.8 Å². The first kappa shape index (κ1) is 22.3. The van der Waals surface area contributed by atoms with Gasteiger partial charge in [-0.25, -0.2) is 9.37 Å². The minimum absolute atomic E-state index is 0.00569. The summed E-state index contributed by atoms with van der Waals surface area (Å²) in [4.78, 5) is 45.9. The number of hydrogen-bond donors (Lipinski definition) is 2. The van der Waals surface area contributed by atoms with Crippen LogP contribution in [0.4, 0.5) is 4.39 Å². The molecule has 0 bridgehead atoms. The third-order valence-electron chi connectivity index (χ3n) is 5.99. The summed E-state index contributed by atoms with van der Waals surface area (Å²) in [6.45, 7) is 1.62. The summed E-state index contributed by atoms with van der Waals surface area (Å²) in [6.07, 6.45) is 2.68. The lowest BCUT2D eigenvalue weighted by Gasteiger charge is -2.15. The Morgan fingerprint density at radius 2 is 1.97 bits per heavy atom. The number of hydrogen-bond acceptors (Lipinski definition) is 6. The van der Waals surface area contributed by atoms with Crippen LogP contribution in [-0.2, 0) is 13.0 Å². The standard InChI is InChI=1S/C25H21FN6O3/c1-14(33)16-5-7-19-17(10-16)6-8-20(19)30-24(35)22-11-21(31-25-28-13-29-32(22)25)23(34)27-12-15-3-2-4-18(26)9-15/h2-5,7,9-11,13,20H,6,8,12H2,1H3,(H,27,34)(H,30,35)/t20-/m0/s1. The van der Waals surface area contributed by atoms with Gasteiger partial charge in [-0.1, -0.05) is 24.3 Å². The van der Waals surface area contributed by atoms with Crippen LogP contribution in [-0.4, -0.2) is 37.2 Å². The number of benzene rings is 2. The normalized spacial score (nSPS) is 14.5. The smallest absolute Gasteiger partial charge is 0.270 e. The van der Waals surface area contributed by atoms with Crippen LogP contribution in [0.1, 0.15) is 67.4 Å². The van der Waals surface area contributed by atoms with Gasteiger partial charge in [-0.2, -0.15) is 14.6 Å². The van der Waals surface area contributed by atoms with E-state index < -0.39 is 17.6 Å². The summed E-state index contributed by atoms with van der Waals surface area (Å²) >= 11 is 0. The van der Waals surface area contributed by atoms with Gasteiger partial charge >= 0.3 is 0 Å². The highest BCUT2D eigenvalue weighted by Gasteiger charge is 2.27. The third kappa shape index (κ3) is 4.50. The second-order valence-corrected chi connectivity index (χ2v) is 8.35. The minimum Gasteiger partial charge on any atom is -0.347 e. The molecule has 1 aliphatic rings. The first-order valence-electron chi connectivity index (χ1n) is 11.1. The fourth-order valence-electron chi connectivity index (χ4n) is 4.23. The Kier molecular flexibility index (Phi) is 5.77. The van der Waals surface area contributed by atoms with Gasteiger partial charge in [0, 0.05) is 18.2 Å². The maximum Gasteiger partial charge on any atom is 0.270 e. The van der Waals surface area contributed by atoms with Crippen molar-refractivity contribution in [2.24, 2.45) is 0 Å². The molecule has 0 saturated heterocycles. The molecule has 0 radical (unpaired) electrons. The number of Topliss-reactive ketones (excluding diaryl/α,β-unsaturated/α-hetero) is 1. The van der Waals surface area contributed by atoms with E-state index in [1.165, 1.54) is 36.0 Å². The highest BCUT2D eigenvalue weighted by molar-refractivity contribution is 5.98. The molecule has 0 spiro atoms. The van der Waals surface area contributed by atoms with Gasteiger partial charge in [0.2, 0.25) is 0 Å². The fourth-order valence-corrected chi connectivity index (χ4v) is 4.23.